The van der Waals surface area contributed by atoms with E-state index in [1.54, 1.807) is 12.4 Å². The fourth-order valence-electron chi connectivity index (χ4n) is 5.72. The molecule has 0 spiro atoms. The van der Waals surface area contributed by atoms with Crippen LogP contribution < -0.4 is 5.43 Å². The summed E-state index contributed by atoms with van der Waals surface area (Å²) >= 11 is 0. The van der Waals surface area contributed by atoms with Crippen molar-refractivity contribution in [1.29, 1.82) is 0 Å². The number of aromatic nitrogens is 2. The molecule has 0 bridgehead atoms. The molecule has 39 heavy (non-hydrogen) atoms. The Morgan fingerprint density at radius 1 is 0.615 bits per heavy atom. The van der Waals surface area contributed by atoms with Crippen LogP contribution in [-0.2, 0) is 4.74 Å². The molecule has 0 saturated carbocycles. The first-order valence-electron chi connectivity index (χ1n) is 13.0. The van der Waals surface area contributed by atoms with Crippen LogP contribution in [0.15, 0.2) is 127 Å². The first-order chi connectivity index (χ1) is 19.3. The van der Waals surface area contributed by atoms with E-state index >= 15 is 0 Å². The highest BCUT2D eigenvalue weighted by molar-refractivity contribution is 6.33. The van der Waals surface area contributed by atoms with Crippen molar-refractivity contribution in [3.05, 3.63) is 133 Å². The van der Waals surface area contributed by atoms with Gasteiger partial charge < -0.3 is 4.74 Å². The molecule has 2 aromatic heterocycles. The monoisotopic (exact) mass is 502 g/mol. The summed E-state index contributed by atoms with van der Waals surface area (Å²) in [6.45, 7) is 0. The molecule has 184 valence electrons. The molecule has 5 aromatic carbocycles. The van der Waals surface area contributed by atoms with Crippen LogP contribution in [0.3, 0.4) is 0 Å². The van der Waals surface area contributed by atoms with Crippen molar-refractivity contribution in [3.63, 3.8) is 0 Å². The summed E-state index contributed by atoms with van der Waals surface area (Å²) in [6, 6.07) is 35.8. The Balaban J connectivity index is 1.43. The minimum Gasteiger partial charge on any atom is -0.446 e. The lowest BCUT2D eigenvalue weighted by Gasteiger charge is -2.16. The predicted octanol–water partition coefficient (Wildman–Crippen LogP) is 7.74. The Bertz CT molecular complexity index is 2070. The number of fused-ring (bicyclic) bond motifs is 8. The molecule has 1 unspecified atom stereocenters. The molecule has 1 atom stereocenters. The van der Waals surface area contributed by atoms with Crippen LogP contribution in [-0.4, -0.2) is 15.9 Å². The van der Waals surface area contributed by atoms with Gasteiger partial charge in [-0.1, -0.05) is 78.9 Å². The van der Waals surface area contributed by atoms with Crippen molar-refractivity contribution in [2.45, 2.75) is 6.23 Å². The maximum atomic E-state index is 6.37. The van der Waals surface area contributed by atoms with Gasteiger partial charge in [-0.05, 0) is 56.8 Å². The summed E-state index contributed by atoms with van der Waals surface area (Å²) in [5, 5.41) is 12.6. The number of pyridine rings is 2. The van der Waals surface area contributed by atoms with Gasteiger partial charge in [0.15, 0.2) is 0 Å². The number of benzene rings is 5. The molecule has 0 fully saturated rings. The summed E-state index contributed by atoms with van der Waals surface area (Å²) in [5.74, 6) is 0.579. The Hall–Kier alpha value is -5.29. The van der Waals surface area contributed by atoms with Crippen molar-refractivity contribution in [1.82, 2.24) is 15.4 Å². The molecular formula is C34H22N4O. The second kappa shape index (κ2) is 8.64. The van der Waals surface area contributed by atoms with Gasteiger partial charge in [0.25, 0.3) is 0 Å². The third kappa shape index (κ3) is 3.44. The van der Waals surface area contributed by atoms with Gasteiger partial charge in [0.2, 0.25) is 12.1 Å². The highest BCUT2D eigenvalue weighted by Gasteiger charge is 2.25. The van der Waals surface area contributed by atoms with Crippen molar-refractivity contribution in [2.24, 2.45) is 5.10 Å². The minimum atomic E-state index is -0.358. The molecule has 3 heterocycles. The van der Waals surface area contributed by atoms with Crippen LogP contribution in [0.4, 0.5) is 0 Å². The zero-order chi connectivity index (χ0) is 25.8. The Labute approximate surface area is 224 Å². The van der Waals surface area contributed by atoms with Crippen molar-refractivity contribution < 1.29 is 4.74 Å². The fourth-order valence-corrected chi connectivity index (χ4v) is 5.72. The van der Waals surface area contributed by atoms with Crippen LogP contribution in [0.5, 0.6) is 0 Å². The SMILES string of the molecule is c1ccc(-c2cnc3c4ccccc4c4cc(C5=NNC(c6ccncc6)O5)c5ccccc5c4c3c2)cc1. The Morgan fingerprint density at radius 3 is 2.15 bits per heavy atom. The van der Waals surface area contributed by atoms with Gasteiger partial charge >= 0.3 is 0 Å². The highest BCUT2D eigenvalue weighted by atomic mass is 16.5. The van der Waals surface area contributed by atoms with Gasteiger partial charge in [-0.25, -0.2) is 0 Å². The van der Waals surface area contributed by atoms with Gasteiger partial charge in [-0.15, -0.1) is 5.10 Å². The van der Waals surface area contributed by atoms with Crippen molar-refractivity contribution >= 4 is 49.1 Å². The number of rotatable bonds is 3. The van der Waals surface area contributed by atoms with Crippen molar-refractivity contribution in [3.8, 4) is 11.1 Å². The number of nitrogens with zero attached hydrogens (tertiary/aromatic N) is 3. The average molecular weight is 503 g/mol. The standard InChI is InChI=1S/C34H22N4O/c1-2-8-21(9-3-1)23-18-30-31-26-12-6-4-10-24(26)29(34-38-37-33(39-34)22-14-16-35-17-15-22)19-28(31)25-11-5-7-13-27(25)32(30)36-20-23/h1-20,33,37H. The smallest absolute Gasteiger partial charge is 0.240 e. The van der Waals surface area contributed by atoms with E-state index in [1.165, 1.54) is 5.39 Å². The van der Waals surface area contributed by atoms with Gasteiger partial charge in [0.05, 0.1) is 5.52 Å². The molecule has 1 N–H and O–H groups in total. The fraction of sp³-hybridized carbons (Fsp3) is 0.0294. The van der Waals surface area contributed by atoms with E-state index in [-0.39, 0.29) is 6.23 Å². The summed E-state index contributed by atoms with van der Waals surface area (Å²) < 4.78 is 6.37. The van der Waals surface area contributed by atoms with Gasteiger partial charge in [0.1, 0.15) is 0 Å². The molecule has 5 nitrogen and oxygen atoms in total. The number of nitrogens with one attached hydrogen (secondary N) is 1. The molecule has 1 aliphatic rings. The highest BCUT2D eigenvalue weighted by Crippen LogP contribution is 2.41. The molecule has 0 radical (unpaired) electrons. The van der Waals surface area contributed by atoms with Crippen LogP contribution in [0, 0.1) is 0 Å². The lowest BCUT2D eigenvalue weighted by atomic mass is 9.90. The minimum absolute atomic E-state index is 0.358. The summed E-state index contributed by atoms with van der Waals surface area (Å²) in [6.07, 6.45) is 5.15. The molecule has 0 amide bonds. The number of hydrogen-bond donors (Lipinski definition) is 1. The Kier molecular flexibility index (Phi) is 4.82. The van der Waals surface area contributed by atoms with Gasteiger partial charge in [-0.3, -0.25) is 15.4 Å². The van der Waals surface area contributed by atoms with Crippen LogP contribution >= 0.6 is 0 Å². The molecule has 1 aliphatic heterocycles. The van der Waals surface area contributed by atoms with E-state index in [2.05, 4.69) is 100 Å². The normalized spacial score (nSPS) is 15.0. The topological polar surface area (TPSA) is 59.4 Å². The maximum Gasteiger partial charge on any atom is 0.240 e. The average Bonchev–Trinajstić information content (AvgIpc) is 3.51. The summed E-state index contributed by atoms with van der Waals surface area (Å²) in [7, 11) is 0. The van der Waals surface area contributed by atoms with E-state index in [0.717, 1.165) is 60.1 Å². The molecule has 0 aliphatic carbocycles. The van der Waals surface area contributed by atoms with Gasteiger partial charge in [-0.2, -0.15) is 0 Å². The second-order valence-electron chi connectivity index (χ2n) is 9.75. The summed E-state index contributed by atoms with van der Waals surface area (Å²) in [4.78, 5) is 9.14. The number of hydrazone groups is 1. The third-order valence-corrected chi connectivity index (χ3v) is 7.53. The number of hydrogen-bond acceptors (Lipinski definition) is 5. The zero-order valence-corrected chi connectivity index (χ0v) is 20.9. The summed E-state index contributed by atoms with van der Waals surface area (Å²) in [5.41, 5.74) is 8.34. The van der Waals surface area contributed by atoms with E-state index in [0.29, 0.717) is 5.90 Å². The van der Waals surface area contributed by atoms with Crippen LogP contribution in [0.1, 0.15) is 17.4 Å². The van der Waals surface area contributed by atoms with E-state index in [4.69, 9.17) is 9.72 Å². The molecule has 5 heteroatoms. The Morgan fingerprint density at radius 2 is 1.33 bits per heavy atom. The van der Waals surface area contributed by atoms with Crippen molar-refractivity contribution in [2.75, 3.05) is 0 Å². The van der Waals surface area contributed by atoms with E-state index in [9.17, 15) is 0 Å². The molecule has 0 saturated heterocycles. The van der Waals surface area contributed by atoms with E-state index in [1.807, 2.05) is 24.4 Å². The maximum absolute atomic E-state index is 6.37. The second-order valence-corrected chi connectivity index (χ2v) is 9.75. The van der Waals surface area contributed by atoms with Crippen LogP contribution in [0.25, 0.3) is 54.3 Å². The quantitative estimate of drug-likeness (QED) is 0.251. The van der Waals surface area contributed by atoms with E-state index < -0.39 is 0 Å². The first kappa shape index (κ1) is 21.8. The van der Waals surface area contributed by atoms with Crippen LogP contribution in [0.2, 0.25) is 0 Å². The molecule has 7 aromatic rings. The van der Waals surface area contributed by atoms with Gasteiger partial charge in [0, 0.05) is 46.1 Å². The predicted molar refractivity (Wildman–Crippen MR) is 157 cm³/mol. The largest absolute Gasteiger partial charge is 0.446 e. The lowest BCUT2D eigenvalue weighted by Crippen LogP contribution is -2.12. The zero-order valence-electron chi connectivity index (χ0n) is 20.9. The first-order valence-corrected chi connectivity index (χ1v) is 13.0. The number of ether oxygens (including phenoxy) is 1. The molecule has 8 rings (SSSR count). The third-order valence-electron chi connectivity index (χ3n) is 7.53. The lowest BCUT2D eigenvalue weighted by molar-refractivity contribution is 0.192. The molecular weight excluding hydrogens is 480 g/mol.